The van der Waals surface area contributed by atoms with Gasteiger partial charge in [-0.2, -0.15) is 18.3 Å². The molecule has 0 spiro atoms. The Morgan fingerprint density at radius 2 is 1.91 bits per heavy atom. The van der Waals surface area contributed by atoms with Crippen molar-refractivity contribution >= 4 is 11.8 Å². The van der Waals surface area contributed by atoms with Crippen LogP contribution in [0.3, 0.4) is 0 Å². The van der Waals surface area contributed by atoms with Crippen molar-refractivity contribution in [2.45, 2.75) is 35.1 Å². The summed E-state index contributed by atoms with van der Waals surface area (Å²) in [6.45, 7) is 0. The molecule has 1 heterocycles. The maximum absolute atomic E-state index is 12.9. The summed E-state index contributed by atoms with van der Waals surface area (Å²) < 4.78 is 37.5. The lowest BCUT2D eigenvalue weighted by atomic mass is 9.85. The van der Waals surface area contributed by atoms with Gasteiger partial charge in [0.15, 0.2) is 0 Å². The van der Waals surface area contributed by atoms with Crippen LogP contribution in [0.2, 0.25) is 0 Å². The van der Waals surface area contributed by atoms with E-state index < -0.39 is 15.9 Å². The van der Waals surface area contributed by atoms with Crippen molar-refractivity contribution in [3.63, 3.8) is 0 Å². The summed E-state index contributed by atoms with van der Waals surface area (Å²) >= 11 is -0.118. The zero-order valence-corrected chi connectivity index (χ0v) is 12.3. The fourth-order valence-electron chi connectivity index (χ4n) is 2.73. The number of thioether (sulfide) groups is 1. The van der Waals surface area contributed by atoms with Crippen LogP contribution in [0.25, 0.3) is 0 Å². The lowest BCUT2D eigenvalue weighted by Crippen LogP contribution is -2.43. The molecule has 0 bridgehead atoms. The third-order valence-corrected chi connectivity index (χ3v) is 5.28. The number of H-pyrrole nitrogens is 1. The summed E-state index contributed by atoms with van der Waals surface area (Å²) in [7, 11) is 0. The van der Waals surface area contributed by atoms with E-state index in [1.807, 2.05) is 0 Å². The van der Waals surface area contributed by atoms with Gasteiger partial charge in [-0.15, -0.1) is 0 Å². The van der Waals surface area contributed by atoms with Gasteiger partial charge < -0.3 is 5.11 Å². The molecule has 1 aliphatic carbocycles. The zero-order valence-electron chi connectivity index (χ0n) is 11.5. The minimum Gasteiger partial charge on any atom is -0.383 e. The fraction of sp³-hybridized carbons (Fsp3) is 0.429. The number of alkyl halides is 3. The third kappa shape index (κ3) is 2.85. The molecule has 0 saturated heterocycles. The number of halogens is 3. The second-order valence-corrected chi connectivity index (χ2v) is 6.83. The number of rotatable bonds is 5. The molecule has 0 aliphatic heterocycles. The Kier molecular flexibility index (Phi) is 3.68. The van der Waals surface area contributed by atoms with Gasteiger partial charge in [0.2, 0.25) is 0 Å². The molecule has 1 aromatic heterocycles. The van der Waals surface area contributed by atoms with Gasteiger partial charge in [0.1, 0.15) is 17.8 Å². The highest BCUT2D eigenvalue weighted by Gasteiger charge is 2.64. The maximum Gasteiger partial charge on any atom is 0.442 e. The highest BCUT2D eigenvalue weighted by Crippen LogP contribution is 2.64. The van der Waals surface area contributed by atoms with Crippen LogP contribution in [0.4, 0.5) is 13.2 Å². The molecule has 1 atom stereocenters. The van der Waals surface area contributed by atoms with Crippen molar-refractivity contribution in [1.82, 2.24) is 15.2 Å². The SMILES string of the molecule is OC(Cc1ncn[nH]1)(c1ccccc1)C1(SC(F)(F)F)CC1. The number of benzene rings is 1. The molecule has 1 fully saturated rings. The number of aliphatic hydroxyl groups is 1. The summed E-state index contributed by atoms with van der Waals surface area (Å²) in [4.78, 5) is 3.95. The van der Waals surface area contributed by atoms with E-state index in [9.17, 15) is 18.3 Å². The Balaban J connectivity index is 2.00. The van der Waals surface area contributed by atoms with Crippen LogP contribution in [-0.2, 0) is 12.0 Å². The molecule has 3 rings (SSSR count). The van der Waals surface area contributed by atoms with Crippen molar-refractivity contribution in [3.05, 3.63) is 48.0 Å². The smallest absolute Gasteiger partial charge is 0.383 e. The first-order valence-electron chi connectivity index (χ1n) is 6.74. The summed E-state index contributed by atoms with van der Waals surface area (Å²) in [6.07, 6.45) is 1.84. The molecule has 2 N–H and O–H groups in total. The summed E-state index contributed by atoms with van der Waals surface area (Å²) in [5.74, 6) is 0.361. The second-order valence-electron chi connectivity index (χ2n) is 5.38. The first kappa shape index (κ1) is 15.4. The number of hydrogen-bond acceptors (Lipinski definition) is 4. The van der Waals surface area contributed by atoms with Crippen LogP contribution in [0.5, 0.6) is 0 Å². The van der Waals surface area contributed by atoms with E-state index in [2.05, 4.69) is 15.2 Å². The van der Waals surface area contributed by atoms with Crippen LogP contribution in [0.15, 0.2) is 36.7 Å². The Labute approximate surface area is 129 Å². The van der Waals surface area contributed by atoms with E-state index >= 15 is 0 Å². The molecule has 1 aliphatic rings. The molecule has 2 aromatic rings. The monoisotopic (exact) mass is 329 g/mol. The minimum atomic E-state index is -4.40. The van der Waals surface area contributed by atoms with Crippen LogP contribution < -0.4 is 0 Å². The van der Waals surface area contributed by atoms with E-state index in [-0.39, 0.29) is 18.2 Å². The molecule has 118 valence electrons. The lowest BCUT2D eigenvalue weighted by Gasteiger charge is -2.36. The van der Waals surface area contributed by atoms with Crippen LogP contribution in [0, 0.1) is 0 Å². The number of nitrogens with zero attached hydrogens (tertiary/aromatic N) is 2. The van der Waals surface area contributed by atoms with Gasteiger partial charge in [-0.05, 0) is 30.2 Å². The number of hydrogen-bond donors (Lipinski definition) is 2. The Bertz CT molecular complexity index is 629. The standard InChI is InChI=1S/C14H14F3N3OS/c15-14(16,17)22-12(6-7-12)13(21,8-11-18-9-19-20-11)10-4-2-1-3-5-10/h1-5,9,21H,6-8H2,(H,18,19,20). The molecule has 8 heteroatoms. The van der Waals surface area contributed by atoms with Crippen molar-refractivity contribution in [3.8, 4) is 0 Å². The van der Waals surface area contributed by atoms with E-state index in [4.69, 9.17) is 0 Å². The van der Waals surface area contributed by atoms with Gasteiger partial charge >= 0.3 is 5.51 Å². The predicted octanol–water partition coefficient (Wildman–Crippen LogP) is 3.02. The Morgan fingerprint density at radius 1 is 1.23 bits per heavy atom. The van der Waals surface area contributed by atoms with Gasteiger partial charge in [-0.3, -0.25) is 5.10 Å². The van der Waals surface area contributed by atoms with E-state index in [0.717, 1.165) is 0 Å². The number of aromatic amines is 1. The predicted molar refractivity (Wildman–Crippen MR) is 76.0 cm³/mol. The van der Waals surface area contributed by atoms with E-state index in [1.165, 1.54) is 6.33 Å². The average molecular weight is 329 g/mol. The first-order valence-corrected chi connectivity index (χ1v) is 7.55. The Morgan fingerprint density at radius 3 is 2.41 bits per heavy atom. The molecule has 1 saturated carbocycles. The molecular formula is C14H14F3N3OS. The topological polar surface area (TPSA) is 61.8 Å². The Hall–Kier alpha value is -1.54. The number of aromatic nitrogens is 3. The molecule has 22 heavy (non-hydrogen) atoms. The summed E-state index contributed by atoms with van der Waals surface area (Å²) in [6, 6.07) is 8.46. The quantitative estimate of drug-likeness (QED) is 0.885. The zero-order chi connectivity index (χ0) is 15.8. The minimum absolute atomic E-state index is 0.0416. The second kappa shape index (κ2) is 5.27. The highest BCUT2D eigenvalue weighted by atomic mass is 32.2. The molecule has 1 aromatic carbocycles. The van der Waals surface area contributed by atoms with Crippen molar-refractivity contribution in [2.24, 2.45) is 0 Å². The van der Waals surface area contributed by atoms with E-state index in [1.54, 1.807) is 30.3 Å². The van der Waals surface area contributed by atoms with Gasteiger partial charge in [0.05, 0.1) is 4.75 Å². The van der Waals surface area contributed by atoms with E-state index in [0.29, 0.717) is 24.2 Å². The maximum atomic E-state index is 12.9. The van der Waals surface area contributed by atoms with Crippen LogP contribution in [-0.4, -0.2) is 30.5 Å². The normalized spacial score (nSPS) is 19.6. The first-order chi connectivity index (χ1) is 10.3. The molecular weight excluding hydrogens is 315 g/mol. The molecule has 0 amide bonds. The van der Waals surface area contributed by atoms with Crippen molar-refractivity contribution < 1.29 is 18.3 Å². The largest absolute Gasteiger partial charge is 0.442 e. The third-order valence-electron chi connectivity index (χ3n) is 3.91. The summed E-state index contributed by atoms with van der Waals surface area (Å²) in [5.41, 5.74) is -5.60. The lowest BCUT2D eigenvalue weighted by molar-refractivity contribution is -0.0392. The van der Waals surface area contributed by atoms with Crippen LogP contribution in [0.1, 0.15) is 24.2 Å². The number of nitrogens with one attached hydrogen (secondary N) is 1. The molecule has 0 radical (unpaired) electrons. The fourth-order valence-corrected chi connectivity index (χ4v) is 3.84. The van der Waals surface area contributed by atoms with Crippen molar-refractivity contribution in [1.29, 1.82) is 0 Å². The van der Waals surface area contributed by atoms with Gasteiger partial charge in [-0.25, -0.2) is 4.98 Å². The molecule has 4 nitrogen and oxygen atoms in total. The highest BCUT2D eigenvalue weighted by molar-refractivity contribution is 8.01. The average Bonchev–Trinajstić information content (AvgIpc) is 3.05. The van der Waals surface area contributed by atoms with Crippen LogP contribution >= 0.6 is 11.8 Å². The summed E-state index contributed by atoms with van der Waals surface area (Å²) in [5, 5.41) is 17.5. The van der Waals surface area contributed by atoms with Gasteiger partial charge in [0, 0.05) is 6.42 Å². The van der Waals surface area contributed by atoms with Crippen molar-refractivity contribution in [2.75, 3.05) is 0 Å². The molecule has 1 unspecified atom stereocenters. The van der Waals surface area contributed by atoms with Gasteiger partial charge in [0.25, 0.3) is 0 Å². The van der Waals surface area contributed by atoms with Gasteiger partial charge in [-0.1, -0.05) is 30.3 Å².